The fraction of sp³-hybridized carbons (Fsp3) is 0.385. The van der Waals surface area contributed by atoms with Gasteiger partial charge < -0.3 is 20.6 Å². The fourth-order valence-corrected chi connectivity index (χ4v) is 1.78. The van der Waals surface area contributed by atoms with E-state index in [1.54, 1.807) is 12.1 Å². The first-order valence-electron chi connectivity index (χ1n) is 6.13. The van der Waals surface area contributed by atoms with E-state index >= 15 is 0 Å². The standard InChI is InChI=1S/C13H18ClN3O3/c1-17(2)11-6-5-9(14)8-10(11)16-13(20)15-7-3-4-12(18)19/h5-6,8H,3-4,7H2,1-2H3,(H,18,19)(H2,15,16,20). The number of carboxylic acid groups (broad SMARTS) is 1. The second-order valence-corrected chi connectivity index (χ2v) is 4.87. The number of aliphatic carboxylic acids is 1. The van der Waals surface area contributed by atoms with Gasteiger partial charge in [0.25, 0.3) is 0 Å². The zero-order chi connectivity index (χ0) is 15.1. The van der Waals surface area contributed by atoms with Gasteiger partial charge in [-0.1, -0.05) is 11.6 Å². The Bertz CT molecular complexity index is 492. The molecule has 0 heterocycles. The highest BCUT2D eigenvalue weighted by molar-refractivity contribution is 6.31. The number of anilines is 2. The molecule has 0 saturated carbocycles. The highest BCUT2D eigenvalue weighted by Gasteiger charge is 2.09. The van der Waals surface area contributed by atoms with Gasteiger partial charge in [0.05, 0.1) is 11.4 Å². The van der Waals surface area contributed by atoms with Gasteiger partial charge in [0.15, 0.2) is 0 Å². The molecule has 2 amide bonds. The van der Waals surface area contributed by atoms with Gasteiger partial charge in [-0.25, -0.2) is 4.79 Å². The fourth-order valence-electron chi connectivity index (χ4n) is 1.61. The number of amides is 2. The number of hydrogen-bond acceptors (Lipinski definition) is 3. The third-order valence-corrected chi connectivity index (χ3v) is 2.78. The summed E-state index contributed by atoms with van der Waals surface area (Å²) in [6.07, 6.45) is 0.416. The van der Waals surface area contributed by atoms with E-state index in [0.717, 1.165) is 5.69 Å². The van der Waals surface area contributed by atoms with Crippen molar-refractivity contribution in [1.82, 2.24) is 5.32 Å². The lowest BCUT2D eigenvalue weighted by atomic mass is 10.2. The van der Waals surface area contributed by atoms with Gasteiger partial charge >= 0.3 is 12.0 Å². The molecule has 0 aliphatic heterocycles. The Morgan fingerprint density at radius 3 is 2.65 bits per heavy atom. The highest BCUT2D eigenvalue weighted by Crippen LogP contribution is 2.27. The molecule has 0 aromatic heterocycles. The number of carboxylic acids is 1. The van der Waals surface area contributed by atoms with Crippen molar-refractivity contribution in [3.63, 3.8) is 0 Å². The first-order chi connectivity index (χ1) is 9.40. The quantitative estimate of drug-likeness (QED) is 0.705. The molecule has 0 spiro atoms. The number of urea groups is 1. The van der Waals surface area contributed by atoms with Crippen LogP contribution in [0.1, 0.15) is 12.8 Å². The number of carbonyl (C=O) groups excluding carboxylic acids is 1. The Kier molecular flexibility index (Phi) is 6.11. The van der Waals surface area contributed by atoms with Crippen molar-refractivity contribution in [2.45, 2.75) is 12.8 Å². The molecule has 0 atom stereocenters. The second-order valence-electron chi connectivity index (χ2n) is 4.43. The molecule has 0 radical (unpaired) electrons. The number of benzene rings is 1. The second kappa shape index (κ2) is 7.59. The molecular weight excluding hydrogens is 282 g/mol. The summed E-state index contributed by atoms with van der Waals surface area (Å²) in [6, 6.07) is 4.82. The van der Waals surface area contributed by atoms with Gasteiger partial charge in [-0.15, -0.1) is 0 Å². The van der Waals surface area contributed by atoms with Gasteiger partial charge in [0.1, 0.15) is 0 Å². The molecule has 20 heavy (non-hydrogen) atoms. The smallest absolute Gasteiger partial charge is 0.319 e. The third-order valence-electron chi connectivity index (χ3n) is 2.54. The summed E-state index contributed by atoms with van der Waals surface area (Å²) in [5.41, 5.74) is 1.42. The molecule has 0 saturated heterocycles. The Morgan fingerprint density at radius 1 is 1.35 bits per heavy atom. The average Bonchev–Trinajstić information content (AvgIpc) is 2.34. The first-order valence-corrected chi connectivity index (χ1v) is 6.51. The van der Waals surface area contributed by atoms with Crippen LogP contribution in [0.25, 0.3) is 0 Å². The largest absolute Gasteiger partial charge is 0.481 e. The van der Waals surface area contributed by atoms with Crippen LogP contribution in [-0.2, 0) is 4.79 Å². The molecule has 0 aliphatic carbocycles. The van der Waals surface area contributed by atoms with Crippen LogP contribution in [0, 0.1) is 0 Å². The summed E-state index contributed by atoms with van der Waals surface area (Å²) in [5.74, 6) is -0.878. The lowest BCUT2D eigenvalue weighted by molar-refractivity contribution is -0.137. The van der Waals surface area contributed by atoms with E-state index < -0.39 is 5.97 Å². The summed E-state index contributed by atoms with van der Waals surface area (Å²) in [4.78, 5) is 23.9. The molecule has 7 heteroatoms. The minimum atomic E-state index is -0.878. The number of nitrogens with one attached hydrogen (secondary N) is 2. The van der Waals surface area contributed by atoms with E-state index in [1.807, 2.05) is 25.1 Å². The lowest BCUT2D eigenvalue weighted by Crippen LogP contribution is -2.30. The predicted molar refractivity (Wildman–Crippen MR) is 79.7 cm³/mol. The first kappa shape index (κ1) is 16.1. The maximum Gasteiger partial charge on any atom is 0.319 e. The summed E-state index contributed by atoms with van der Waals surface area (Å²) in [6.45, 7) is 0.302. The monoisotopic (exact) mass is 299 g/mol. The molecular formula is C13H18ClN3O3. The van der Waals surface area contributed by atoms with Crippen molar-refractivity contribution in [1.29, 1.82) is 0 Å². The van der Waals surface area contributed by atoms with E-state index in [9.17, 15) is 9.59 Å². The molecule has 1 rings (SSSR count). The van der Waals surface area contributed by atoms with Crippen molar-refractivity contribution in [3.05, 3.63) is 23.2 Å². The van der Waals surface area contributed by atoms with Crippen LogP contribution in [-0.4, -0.2) is 37.7 Å². The van der Waals surface area contributed by atoms with Gasteiger partial charge in [-0.2, -0.15) is 0 Å². The summed E-state index contributed by atoms with van der Waals surface area (Å²) < 4.78 is 0. The minimum absolute atomic E-state index is 0.0282. The molecule has 0 unspecified atom stereocenters. The maximum atomic E-state index is 11.7. The Balaban J connectivity index is 2.57. The van der Waals surface area contributed by atoms with Crippen molar-refractivity contribution in [3.8, 4) is 0 Å². The van der Waals surface area contributed by atoms with Crippen molar-refractivity contribution >= 4 is 35.0 Å². The molecule has 110 valence electrons. The third kappa shape index (κ3) is 5.36. The summed E-state index contributed by atoms with van der Waals surface area (Å²) >= 11 is 5.91. The van der Waals surface area contributed by atoms with Crippen LogP contribution in [0.4, 0.5) is 16.2 Å². The normalized spacial score (nSPS) is 9.95. The van der Waals surface area contributed by atoms with E-state index in [1.165, 1.54) is 0 Å². The average molecular weight is 300 g/mol. The highest BCUT2D eigenvalue weighted by atomic mass is 35.5. The molecule has 1 aromatic rings. The van der Waals surface area contributed by atoms with Gasteiger partial charge in [-0.05, 0) is 24.6 Å². The SMILES string of the molecule is CN(C)c1ccc(Cl)cc1NC(=O)NCCCC(=O)O. The number of carbonyl (C=O) groups is 2. The summed E-state index contributed by atoms with van der Waals surface area (Å²) in [5, 5.41) is 14.3. The Labute approximate surface area is 122 Å². The number of nitrogens with zero attached hydrogens (tertiary/aromatic N) is 1. The van der Waals surface area contributed by atoms with Crippen LogP contribution < -0.4 is 15.5 Å². The van der Waals surface area contributed by atoms with E-state index in [2.05, 4.69) is 10.6 Å². The molecule has 0 aliphatic rings. The zero-order valence-corrected chi connectivity index (χ0v) is 12.2. The lowest BCUT2D eigenvalue weighted by Gasteiger charge is -2.18. The number of rotatable bonds is 6. The van der Waals surface area contributed by atoms with Gasteiger partial charge in [0, 0.05) is 32.1 Å². The van der Waals surface area contributed by atoms with E-state index in [4.69, 9.17) is 16.7 Å². The van der Waals surface area contributed by atoms with Crippen LogP contribution in [0.2, 0.25) is 5.02 Å². The number of hydrogen-bond donors (Lipinski definition) is 3. The zero-order valence-electron chi connectivity index (χ0n) is 11.4. The van der Waals surface area contributed by atoms with Crippen molar-refractivity contribution in [2.75, 3.05) is 30.9 Å². The van der Waals surface area contributed by atoms with E-state index in [0.29, 0.717) is 23.7 Å². The van der Waals surface area contributed by atoms with Crippen LogP contribution >= 0.6 is 11.6 Å². The molecule has 6 nitrogen and oxygen atoms in total. The Hall–Kier alpha value is -1.95. The van der Waals surface area contributed by atoms with Crippen molar-refractivity contribution < 1.29 is 14.7 Å². The van der Waals surface area contributed by atoms with E-state index in [-0.39, 0.29) is 12.5 Å². The Morgan fingerprint density at radius 2 is 2.05 bits per heavy atom. The molecule has 0 bridgehead atoms. The predicted octanol–water partition coefficient (Wildman–Crippen LogP) is 2.39. The molecule has 3 N–H and O–H groups in total. The molecule has 1 aromatic carbocycles. The van der Waals surface area contributed by atoms with Crippen LogP contribution in [0.3, 0.4) is 0 Å². The van der Waals surface area contributed by atoms with Gasteiger partial charge in [0.2, 0.25) is 0 Å². The number of halogens is 1. The van der Waals surface area contributed by atoms with Crippen molar-refractivity contribution in [2.24, 2.45) is 0 Å². The maximum absolute atomic E-state index is 11.7. The van der Waals surface area contributed by atoms with Gasteiger partial charge in [-0.3, -0.25) is 4.79 Å². The molecule has 0 fully saturated rings. The topological polar surface area (TPSA) is 81.7 Å². The minimum Gasteiger partial charge on any atom is -0.481 e. The summed E-state index contributed by atoms with van der Waals surface area (Å²) in [7, 11) is 3.72. The van der Waals surface area contributed by atoms with Crippen LogP contribution in [0.15, 0.2) is 18.2 Å². The van der Waals surface area contributed by atoms with Crippen LogP contribution in [0.5, 0.6) is 0 Å².